The third-order valence-electron chi connectivity index (χ3n) is 5.66. The summed E-state index contributed by atoms with van der Waals surface area (Å²) in [4.78, 5) is 12.6. The Morgan fingerprint density at radius 2 is 1.90 bits per heavy atom. The molecule has 1 aliphatic rings. The van der Waals surface area contributed by atoms with Crippen LogP contribution in [-0.2, 0) is 4.74 Å². The number of carboxylic acids is 1. The number of carbonyl (C=O) groups is 1. The average molecular weight is 426 g/mol. The van der Waals surface area contributed by atoms with Gasteiger partial charge in [0, 0.05) is 25.7 Å². The quantitative estimate of drug-likeness (QED) is 0.613. The molecule has 1 unspecified atom stereocenters. The number of nitrogens with one attached hydrogen (secondary N) is 1. The number of hydrogen-bond donors (Lipinski definition) is 2. The van der Waals surface area contributed by atoms with Crippen LogP contribution < -0.4 is 10.2 Å². The Balaban J connectivity index is 1.44. The number of anilines is 1. The van der Waals surface area contributed by atoms with Crippen LogP contribution >= 0.6 is 0 Å². The second-order valence-corrected chi connectivity index (χ2v) is 7.73. The lowest BCUT2D eigenvalue weighted by Gasteiger charge is -2.35. The summed E-state index contributed by atoms with van der Waals surface area (Å²) in [5.41, 5.74) is 0.557. The Bertz CT molecular complexity index is 1080. The number of halogens is 2. The molecule has 1 saturated heterocycles. The van der Waals surface area contributed by atoms with Crippen molar-refractivity contribution in [3.05, 3.63) is 77.4 Å². The van der Waals surface area contributed by atoms with Crippen LogP contribution in [0.2, 0.25) is 0 Å². The summed E-state index contributed by atoms with van der Waals surface area (Å²) < 4.78 is 34.7. The van der Waals surface area contributed by atoms with Crippen LogP contribution in [0.5, 0.6) is 0 Å². The van der Waals surface area contributed by atoms with Crippen LogP contribution in [0, 0.1) is 11.6 Å². The predicted molar refractivity (Wildman–Crippen MR) is 116 cm³/mol. The van der Waals surface area contributed by atoms with Gasteiger partial charge in [0.15, 0.2) is 0 Å². The largest absolute Gasteiger partial charge is 0.478 e. The number of fused-ring (bicyclic) bond motifs is 1. The molecule has 1 fully saturated rings. The Hall–Kier alpha value is -3.03. The van der Waals surface area contributed by atoms with Gasteiger partial charge in [-0.25, -0.2) is 13.6 Å². The molecule has 3 aromatic rings. The predicted octanol–water partition coefficient (Wildman–Crippen LogP) is 4.37. The van der Waals surface area contributed by atoms with Gasteiger partial charge in [-0.2, -0.15) is 0 Å². The molecule has 0 spiro atoms. The Morgan fingerprint density at radius 3 is 2.65 bits per heavy atom. The molecule has 0 saturated carbocycles. The van der Waals surface area contributed by atoms with Gasteiger partial charge in [-0.3, -0.25) is 0 Å². The van der Waals surface area contributed by atoms with Gasteiger partial charge in [0.1, 0.15) is 17.3 Å². The summed E-state index contributed by atoms with van der Waals surface area (Å²) in [6.07, 6.45) is -0.260. The van der Waals surface area contributed by atoms with Gasteiger partial charge in [0.2, 0.25) is 0 Å². The summed E-state index contributed by atoms with van der Waals surface area (Å²) in [6.45, 7) is 3.55. The molecule has 0 aromatic heterocycles. The molecule has 4 rings (SSSR count). The molecule has 0 aliphatic carbocycles. The molecule has 7 heteroatoms. The highest BCUT2D eigenvalue weighted by Crippen LogP contribution is 2.28. The first-order valence-corrected chi connectivity index (χ1v) is 10.2. The molecule has 5 nitrogen and oxygen atoms in total. The number of benzene rings is 3. The Kier molecular flexibility index (Phi) is 6.15. The van der Waals surface area contributed by atoms with Gasteiger partial charge < -0.3 is 20.1 Å². The zero-order valence-corrected chi connectivity index (χ0v) is 17.1. The Labute approximate surface area is 179 Å². The van der Waals surface area contributed by atoms with Crippen LogP contribution in [0.25, 0.3) is 10.8 Å². The minimum atomic E-state index is -1.36. The van der Waals surface area contributed by atoms with Gasteiger partial charge in [0.25, 0.3) is 0 Å². The molecule has 162 valence electrons. The fourth-order valence-electron chi connectivity index (χ4n) is 4.08. The number of aromatic carboxylic acids is 1. The molecule has 1 aliphatic heterocycles. The number of morpholine rings is 1. The van der Waals surface area contributed by atoms with Crippen molar-refractivity contribution < 1.29 is 23.4 Å². The van der Waals surface area contributed by atoms with Crippen LogP contribution in [0.1, 0.15) is 28.9 Å². The molecule has 1 heterocycles. The standard InChI is InChI=1S/C24H24F2N2O3/c1-15(19-8-4-6-16-5-2-3-7-20(16)19)27-13-18-14-28(9-10-31-18)23-21(25)11-17(24(29)30)12-22(23)26/h2-8,11-12,15,18,27H,9-10,13-14H2,1H3,(H,29,30)/t15-,18?/m1/s1. The maximum atomic E-state index is 14.5. The minimum Gasteiger partial charge on any atom is -0.478 e. The monoisotopic (exact) mass is 426 g/mol. The zero-order valence-electron chi connectivity index (χ0n) is 17.1. The molecule has 0 radical (unpaired) electrons. The molecule has 2 atom stereocenters. The lowest BCUT2D eigenvalue weighted by molar-refractivity contribution is 0.0390. The molecule has 2 N–H and O–H groups in total. The van der Waals surface area contributed by atoms with Crippen molar-refractivity contribution in [1.29, 1.82) is 0 Å². The Morgan fingerprint density at radius 1 is 1.19 bits per heavy atom. The lowest BCUT2D eigenvalue weighted by atomic mass is 9.99. The van der Waals surface area contributed by atoms with E-state index in [-0.39, 0.29) is 17.8 Å². The van der Waals surface area contributed by atoms with Crippen molar-refractivity contribution in [2.24, 2.45) is 0 Å². The summed E-state index contributed by atoms with van der Waals surface area (Å²) in [6, 6.07) is 16.2. The second-order valence-electron chi connectivity index (χ2n) is 7.73. The first-order chi connectivity index (χ1) is 14.9. The minimum absolute atomic E-state index is 0.0633. The van der Waals surface area contributed by atoms with Gasteiger partial charge in [-0.15, -0.1) is 0 Å². The highest BCUT2D eigenvalue weighted by Gasteiger charge is 2.26. The van der Waals surface area contributed by atoms with E-state index < -0.39 is 23.2 Å². The molecular weight excluding hydrogens is 402 g/mol. The fourth-order valence-corrected chi connectivity index (χ4v) is 4.08. The lowest BCUT2D eigenvalue weighted by Crippen LogP contribution is -2.47. The van der Waals surface area contributed by atoms with Crippen molar-refractivity contribution >= 4 is 22.4 Å². The smallest absolute Gasteiger partial charge is 0.335 e. The van der Waals surface area contributed by atoms with Crippen LogP contribution in [-0.4, -0.2) is 43.4 Å². The van der Waals surface area contributed by atoms with E-state index in [1.807, 2.05) is 18.2 Å². The van der Waals surface area contributed by atoms with E-state index in [4.69, 9.17) is 9.84 Å². The van der Waals surface area contributed by atoms with E-state index in [0.717, 1.165) is 12.1 Å². The molecule has 0 amide bonds. The number of carboxylic acid groups (broad SMARTS) is 1. The number of rotatable bonds is 6. The molecule has 0 bridgehead atoms. The van der Waals surface area contributed by atoms with E-state index in [2.05, 4.69) is 36.5 Å². The average Bonchev–Trinajstić information content (AvgIpc) is 2.77. The first kappa shape index (κ1) is 21.2. The SMILES string of the molecule is C[C@@H](NCC1CN(c2c(F)cc(C(=O)O)cc2F)CCO1)c1cccc2ccccc12. The zero-order chi connectivity index (χ0) is 22.0. The third-order valence-corrected chi connectivity index (χ3v) is 5.66. The van der Waals surface area contributed by atoms with Gasteiger partial charge in [0.05, 0.1) is 18.3 Å². The third kappa shape index (κ3) is 4.52. The van der Waals surface area contributed by atoms with Crippen molar-refractivity contribution in [2.75, 3.05) is 31.1 Å². The highest BCUT2D eigenvalue weighted by molar-refractivity contribution is 5.88. The number of ether oxygens (including phenoxy) is 1. The van der Waals surface area contributed by atoms with Gasteiger partial charge in [-0.05, 0) is 35.4 Å². The summed E-state index contributed by atoms with van der Waals surface area (Å²) >= 11 is 0. The van der Waals surface area contributed by atoms with E-state index in [1.54, 1.807) is 4.90 Å². The van der Waals surface area contributed by atoms with Crippen molar-refractivity contribution in [1.82, 2.24) is 5.32 Å². The van der Waals surface area contributed by atoms with Gasteiger partial charge in [-0.1, -0.05) is 42.5 Å². The maximum absolute atomic E-state index is 14.5. The summed E-state index contributed by atoms with van der Waals surface area (Å²) in [7, 11) is 0. The highest BCUT2D eigenvalue weighted by atomic mass is 19.1. The van der Waals surface area contributed by atoms with E-state index in [9.17, 15) is 13.6 Å². The molecule has 3 aromatic carbocycles. The van der Waals surface area contributed by atoms with E-state index in [0.29, 0.717) is 26.2 Å². The summed E-state index contributed by atoms with van der Waals surface area (Å²) in [5, 5.41) is 14.8. The van der Waals surface area contributed by atoms with Crippen molar-refractivity contribution in [2.45, 2.75) is 19.1 Å². The van der Waals surface area contributed by atoms with Crippen molar-refractivity contribution in [3.63, 3.8) is 0 Å². The first-order valence-electron chi connectivity index (χ1n) is 10.2. The molecular formula is C24H24F2N2O3. The van der Waals surface area contributed by atoms with Crippen LogP contribution in [0.15, 0.2) is 54.6 Å². The van der Waals surface area contributed by atoms with Crippen molar-refractivity contribution in [3.8, 4) is 0 Å². The van der Waals surface area contributed by atoms with E-state index in [1.165, 1.54) is 16.3 Å². The summed E-state index contributed by atoms with van der Waals surface area (Å²) in [5.74, 6) is -3.12. The van der Waals surface area contributed by atoms with E-state index >= 15 is 0 Å². The number of hydrogen-bond acceptors (Lipinski definition) is 4. The second kappa shape index (κ2) is 8.99. The number of nitrogens with zero attached hydrogens (tertiary/aromatic N) is 1. The van der Waals surface area contributed by atoms with Crippen LogP contribution in [0.4, 0.5) is 14.5 Å². The molecule has 31 heavy (non-hydrogen) atoms. The fraction of sp³-hybridized carbons (Fsp3) is 0.292. The topological polar surface area (TPSA) is 61.8 Å². The van der Waals surface area contributed by atoms with Crippen LogP contribution in [0.3, 0.4) is 0 Å². The maximum Gasteiger partial charge on any atom is 0.335 e. The van der Waals surface area contributed by atoms with Gasteiger partial charge >= 0.3 is 5.97 Å². The normalized spacial score (nSPS) is 17.6.